The van der Waals surface area contributed by atoms with Gasteiger partial charge in [0.1, 0.15) is 0 Å². The van der Waals surface area contributed by atoms with Crippen LogP contribution in [-0.4, -0.2) is 40.2 Å². The number of amides is 1. The summed E-state index contributed by atoms with van der Waals surface area (Å²) >= 11 is 0. The van der Waals surface area contributed by atoms with Crippen molar-refractivity contribution in [3.63, 3.8) is 0 Å². The van der Waals surface area contributed by atoms with Gasteiger partial charge in [-0.3, -0.25) is 9.10 Å². The summed E-state index contributed by atoms with van der Waals surface area (Å²) in [6.07, 6.45) is -1.13. The van der Waals surface area contributed by atoms with Crippen molar-refractivity contribution in [2.75, 3.05) is 40.4 Å². The van der Waals surface area contributed by atoms with Crippen LogP contribution in [0.3, 0.4) is 0 Å². The molecule has 1 amide bonds. The highest BCUT2D eigenvalue weighted by Gasteiger charge is 2.31. The van der Waals surface area contributed by atoms with E-state index in [-0.39, 0.29) is 31.0 Å². The van der Waals surface area contributed by atoms with E-state index in [1.807, 2.05) is 24.3 Å². The highest BCUT2D eigenvalue weighted by Crippen LogP contribution is 2.32. The quantitative estimate of drug-likeness (QED) is 0.619. The summed E-state index contributed by atoms with van der Waals surface area (Å²) in [5, 5.41) is 2.77. The lowest BCUT2D eigenvalue weighted by Gasteiger charge is -2.23. The minimum atomic E-state index is -4.58. The molecule has 0 aromatic heterocycles. The molecule has 1 heterocycles. The van der Waals surface area contributed by atoms with Gasteiger partial charge in [-0.15, -0.1) is 0 Å². The molecule has 2 aromatic carbocycles. The number of halogens is 3. The maximum Gasteiger partial charge on any atom is 0.416 e. The van der Waals surface area contributed by atoms with Crippen LogP contribution in [0, 0.1) is 0 Å². The number of benzene rings is 2. The maximum absolute atomic E-state index is 13.0. The number of hydrogen-bond acceptors (Lipinski definition) is 4. The van der Waals surface area contributed by atoms with Crippen LogP contribution in [0.2, 0.25) is 0 Å². The molecule has 0 spiro atoms. The molecule has 0 radical (unpaired) electrons. The van der Waals surface area contributed by atoms with Crippen LogP contribution >= 0.6 is 0 Å². The molecule has 2 aromatic rings. The van der Waals surface area contributed by atoms with Crippen LogP contribution in [0.4, 0.5) is 30.2 Å². The van der Waals surface area contributed by atoms with E-state index >= 15 is 0 Å². The second-order valence-corrected chi connectivity index (χ2v) is 9.68. The zero-order valence-electron chi connectivity index (χ0n) is 17.7. The number of sulfonamides is 1. The Morgan fingerprint density at radius 2 is 1.75 bits per heavy atom. The van der Waals surface area contributed by atoms with E-state index in [0.717, 1.165) is 47.5 Å². The zero-order chi connectivity index (χ0) is 23.4. The summed E-state index contributed by atoms with van der Waals surface area (Å²) in [5.74, 6) is -0.295. The van der Waals surface area contributed by atoms with Crippen molar-refractivity contribution in [2.45, 2.75) is 31.9 Å². The van der Waals surface area contributed by atoms with Crippen molar-refractivity contribution in [2.24, 2.45) is 0 Å². The number of nitrogens with one attached hydrogen (secondary N) is 1. The summed E-state index contributed by atoms with van der Waals surface area (Å²) in [4.78, 5) is 14.5. The van der Waals surface area contributed by atoms with Gasteiger partial charge in [-0.25, -0.2) is 8.42 Å². The monoisotopic (exact) mass is 469 g/mol. The van der Waals surface area contributed by atoms with Gasteiger partial charge < -0.3 is 10.2 Å². The summed E-state index contributed by atoms with van der Waals surface area (Å²) in [7, 11) is -3.82. The Bertz CT molecular complexity index is 1030. The molecule has 0 aliphatic carbocycles. The van der Waals surface area contributed by atoms with Gasteiger partial charge in [0.2, 0.25) is 15.9 Å². The SMILES string of the molecule is CS(=O)(=O)N(CCCC(=O)Nc1ccc(N2CCCC2)cc1)c1cccc(C(F)(F)F)c1. The third-order valence-electron chi connectivity index (χ3n) is 5.25. The van der Waals surface area contributed by atoms with Crippen LogP contribution in [0.5, 0.6) is 0 Å². The van der Waals surface area contributed by atoms with Gasteiger partial charge in [0, 0.05) is 37.4 Å². The first-order valence-corrected chi connectivity index (χ1v) is 12.2. The second kappa shape index (κ2) is 9.81. The Morgan fingerprint density at radius 3 is 2.34 bits per heavy atom. The first kappa shape index (κ1) is 23.9. The van der Waals surface area contributed by atoms with Crippen molar-refractivity contribution < 1.29 is 26.4 Å². The van der Waals surface area contributed by atoms with E-state index in [9.17, 15) is 26.4 Å². The number of rotatable bonds is 8. The van der Waals surface area contributed by atoms with E-state index in [1.54, 1.807) is 0 Å². The van der Waals surface area contributed by atoms with E-state index in [1.165, 1.54) is 18.9 Å². The van der Waals surface area contributed by atoms with Gasteiger partial charge in [0.05, 0.1) is 17.5 Å². The minimum absolute atomic E-state index is 0.0266. The number of hydrogen-bond donors (Lipinski definition) is 1. The summed E-state index contributed by atoms with van der Waals surface area (Å²) in [5.41, 5.74) is 0.722. The molecular weight excluding hydrogens is 443 g/mol. The predicted molar refractivity (Wildman–Crippen MR) is 119 cm³/mol. The van der Waals surface area contributed by atoms with Crippen molar-refractivity contribution >= 4 is 33.0 Å². The van der Waals surface area contributed by atoms with E-state index < -0.39 is 21.8 Å². The van der Waals surface area contributed by atoms with Crippen LogP contribution in [0.1, 0.15) is 31.2 Å². The van der Waals surface area contributed by atoms with E-state index in [0.29, 0.717) is 5.69 Å². The van der Waals surface area contributed by atoms with E-state index in [4.69, 9.17) is 0 Å². The van der Waals surface area contributed by atoms with Gasteiger partial charge in [-0.2, -0.15) is 13.2 Å². The molecule has 0 atom stereocenters. The predicted octanol–water partition coefficient (Wildman–Crippen LogP) is 4.49. The van der Waals surface area contributed by atoms with Crippen molar-refractivity contribution in [3.05, 3.63) is 54.1 Å². The van der Waals surface area contributed by atoms with Crippen molar-refractivity contribution in [1.82, 2.24) is 0 Å². The zero-order valence-corrected chi connectivity index (χ0v) is 18.5. The molecule has 1 aliphatic rings. The van der Waals surface area contributed by atoms with Gasteiger partial charge in [0.25, 0.3) is 0 Å². The molecule has 1 aliphatic heterocycles. The standard InChI is InChI=1S/C22H26F3N3O3S/c1-32(30,31)28(20-7-4-6-17(16-20)22(23,24)25)15-5-8-21(29)26-18-9-11-19(12-10-18)27-13-2-3-14-27/h4,6-7,9-12,16H,2-3,5,8,13-15H2,1H3,(H,26,29). The molecule has 32 heavy (non-hydrogen) atoms. The first-order chi connectivity index (χ1) is 15.0. The average Bonchev–Trinajstić information content (AvgIpc) is 3.25. The van der Waals surface area contributed by atoms with Gasteiger partial charge in [0.15, 0.2) is 0 Å². The normalized spacial score (nSPS) is 14.4. The molecule has 0 unspecified atom stereocenters. The van der Waals surface area contributed by atoms with Crippen molar-refractivity contribution in [1.29, 1.82) is 0 Å². The number of carbonyl (C=O) groups excluding carboxylic acids is 1. The van der Waals surface area contributed by atoms with E-state index in [2.05, 4.69) is 10.2 Å². The molecule has 6 nitrogen and oxygen atoms in total. The molecule has 3 rings (SSSR count). The lowest BCUT2D eigenvalue weighted by Crippen LogP contribution is -2.31. The summed E-state index contributed by atoms with van der Waals surface area (Å²) in [6.45, 7) is 1.93. The lowest BCUT2D eigenvalue weighted by atomic mass is 10.2. The van der Waals surface area contributed by atoms with Crippen LogP contribution in [-0.2, 0) is 21.0 Å². The largest absolute Gasteiger partial charge is 0.416 e. The number of nitrogens with zero attached hydrogens (tertiary/aromatic N) is 2. The first-order valence-electron chi connectivity index (χ1n) is 10.3. The Morgan fingerprint density at radius 1 is 1.09 bits per heavy atom. The summed E-state index contributed by atoms with van der Waals surface area (Å²) in [6, 6.07) is 11.7. The number of alkyl halides is 3. The third-order valence-corrected chi connectivity index (χ3v) is 6.44. The summed E-state index contributed by atoms with van der Waals surface area (Å²) < 4.78 is 64.1. The van der Waals surface area contributed by atoms with Crippen LogP contribution in [0.25, 0.3) is 0 Å². The third kappa shape index (κ3) is 6.38. The van der Waals surface area contributed by atoms with Crippen molar-refractivity contribution in [3.8, 4) is 0 Å². The molecule has 10 heteroatoms. The molecule has 0 bridgehead atoms. The Labute approximate surface area is 186 Å². The molecule has 0 saturated carbocycles. The van der Waals surface area contributed by atoms with Gasteiger partial charge in [-0.1, -0.05) is 6.07 Å². The van der Waals surface area contributed by atoms with Crippen LogP contribution < -0.4 is 14.5 Å². The molecule has 1 fully saturated rings. The highest BCUT2D eigenvalue weighted by atomic mass is 32.2. The number of carbonyl (C=O) groups is 1. The molecule has 174 valence electrons. The van der Waals surface area contributed by atoms with Crippen LogP contribution in [0.15, 0.2) is 48.5 Å². The Balaban J connectivity index is 1.57. The smallest absolute Gasteiger partial charge is 0.372 e. The molecule has 1 N–H and O–H groups in total. The lowest BCUT2D eigenvalue weighted by molar-refractivity contribution is -0.137. The number of anilines is 3. The highest BCUT2D eigenvalue weighted by molar-refractivity contribution is 7.92. The fourth-order valence-electron chi connectivity index (χ4n) is 3.66. The maximum atomic E-state index is 13.0. The van der Waals surface area contributed by atoms with Gasteiger partial charge in [-0.05, 0) is 61.7 Å². The molecule has 1 saturated heterocycles. The topological polar surface area (TPSA) is 69.7 Å². The molecular formula is C22H26F3N3O3S. The average molecular weight is 470 g/mol. The fourth-order valence-corrected chi connectivity index (χ4v) is 4.62. The Kier molecular flexibility index (Phi) is 7.33. The fraction of sp³-hybridized carbons (Fsp3) is 0.409. The minimum Gasteiger partial charge on any atom is -0.372 e. The second-order valence-electron chi connectivity index (χ2n) is 7.78. The van der Waals surface area contributed by atoms with Gasteiger partial charge >= 0.3 is 6.18 Å². The Hall–Kier alpha value is -2.75.